The molecule has 6 heteroatoms. The number of benzene rings is 10. The highest BCUT2D eigenvalue weighted by atomic mass is 35.5. The van der Waals surface area contributed by atoms with Crippen LogP contribution < -0.4 is 36.0 Å². The van der Waals surface area contributed by atoms with E-state index >= 15 is 0 Å². The van der Waals surface area contributed by atoms with Gasteiger partial charge in [0.2, 0.25) is 6.71 Å². The molecule has 82 heavy (non-hydrogen) atoms. The zero-order valence-electron chi connectivity index (χ0n) is 47.5. The van der Waals surface area contributed by atoms with Crippen molar-refractivity contribution in [3.8, 4) is 22.3 Å². The summed E-state index contributed by atoms with van der Waals surface area (Å²) in [5.41, 5.74) is 24.9. The molecular formula is C76H68BClN4. The maximum absolute atomic E-state index is 7.44. The van der Waals surface area contributed by atoms with Gasteiger partial charge in [-0.3, -0.25) is 0 Å². The lowest BCUT2D eigenvalue weighted by atomic mass is 9.37. The van der Waals surface area contributed by atoms with Gasteiger partial charge in [0.25, 0.3) is 0 Å². The molecule has 0 N–H and O–H groups in total. The fraction of sp³-hybridized carbons (Fsp3) is 0.211. The molecule has 0 spiro atoms. The van der Waals surface area contributed by atoms with Crippen molar-refractivity contribution in [2.24, 2.45) is 0 Å². The Labute approximate surface area is 490 Å². The second-order valence-electron chi connectivity index (χ2n) is 24.7. The van der Waals surface area contributed by atoms with Crippen molar-refractivity contribution in [3.05, 3.63) is 259 Å². The van der Waals surface area contributed by atoms with Crippen LogP contribution in [0.25, 0.3) is 22.3 Å². The molecule has 2 saturated carbocycles. The Bertz CT molecular complexity index is 4000. The fourth-order valence-electron chi connectivity index (χ4n) is 16.3. The minimum Gasteiger partial charge on any atom is -0.335 e. The molecule has 0 amide bonds. The minimum atomic E-state index is -0.0313. The van der Waals surface area contributed by atoms with E-state index in [0.29, 0.717) is 0 Å². The molecule has 0 bridgehead atoms. The van der Waals surface area contributed by atoms with Gasteiger partial charge in [0.1, 0.15) is 0 Å². The monoisotopic (exact) mass is 1080 g/mol. The lowest BCUT2D eigenvalue weighted by Crippen LogP contribution is -2.60. The molecule has 4 atom stereocenters. The number of anilines is 10. The van der Waals surface area contributed by atoms with Crippen molar-refractivity contribution in [1.82, 2.24) is 0 Å². The molecule has 6 aliphatic rings. The Morgan fingerprint density at radius 1 is 0.366 bits per heavy atom. The van der Waals surface area contributed by atoms with Gasteiger partial charge in [-0.2, -0.15) is 0 Å². The third kappa shape index (κ3) is 7.44. The minimum absolute atomic E-state index is 0.0313. The maximum atomic E-state index is 7.44. The summed E-state index contributed by atoms with van der Waals surface area (Å²) in [4.78, 5) is 10.0. The fourth-order valence-corrected chi connectivity index (χ4v) is 16.7. The molecule has 4 nitrogen and oxygen atoms in total. The lowest BCUT2D eigenvalue weighted by molar-refractivity contribution is 0.195. The van der Waals surface area contributed by atoms with Gasteiger partial charge < -0.3 is 19.6 Å². The quantitative estimate of drug-likeness (QED) is 0.141. The van der Waals surface area contributed by atoms with Crippen LogP contribution in [0.5, 0.6) is 0 Å². The Kier molecular flexibility index (Phi) is 12.0. The first-order valence-electron chi connectivity index (χ1n) is 29.9. The smallest absolute Gasteiger partial charge is 0.248 e. The highest BCUT2D eigenvalue weighted by Gasteiger charge is 2.61. The first kappa shape index (κ1) is 50.7. The number of fused-ring (bicyclic) bond motifs is 11. The molecule has 10 aromatic rings. The van der Waals surface area contributed by atoms with Crippen molar-refractivity contribution >= 4 is 91.6 Å². The second-order valence-corrected chi connectivity index (χ2v) is 25.1. The van der Waals surface area contributed by atoms with Crippen molar-refractivity contribution < 1.29 is 0 Å². The summed E-state index contributed by atoms with van der Waals surface area (Å²) >= 11 is 7.44. The van der Waals surface area contributed by atoms with Gasteiger partial charge in [-0.15, -0.1) is 0 Å². The van der Waals surface area contributed by atoms with Crippen LogP contribution in [0.1, 0.15) is 90.2 Å². The summed E-state index contributed by atoms with van der Waals surface area (Å²) in [5.74, 6) is 0. The van der Waals surface area contributed by atoms with Gasteiger partial charge in [0.15, 0.2) is 0 Å². The van der Waals surface area contributed by atoms with Gasteiger partial charge in [0, 0.05) is 67.6 Å². The summed E-state index contributed by atoms with van der Waals surface area (Å²) in [6.07, 6.45) is 10.0. The Hall–Kier alpha value is -8.25. The average molecular weight is 1080 g/mol. The Balaban J connectivity index is 0.000000140. The standard InChI is InChI=1S/C38H33BN2.C38H35ClN2/c1-37-23-9-10-24-38(37,2)41-34-20-11-17-29-30-25-28(40(26-13-5-3-6-14-26)27-15-7-4-8-16-27)21-22-32(30)39(35(29)34)33-19-12-18-31(37)36(33)41;1-37-25-11-12-26-38(37,2)41(34-23-10-9-22-33(34)37)35-24-14-21-32(36(35)39)28-15-13-20-31(27-28)40(29-16-5-3-6-17-29)30-18-7-4-8-19-30/h3-8,11-22,25H,9-10,23-24H2,1-2H3;3-10,13-24,27H,11-12,25-26H2,1-2H3. The molecule has 2 fully saturated rings. The van der Waals surface area contributed by atoms with Crippen molar-refractivity contribution in [2.45, 2.75) is 101 Å². The summed E-state index contributed by atoms with van der Waals surface area (Å²) in [6.45, 7) is 10.3. The molecule has 10 aromatic carbocycles. The molecular weight excluding hydrogens is 1020 g/mol. The Morgan fingerprint density at radius 3 is 1.45 bits per heavy atom. The van der Waals surface area contributed by atoms with Gasteiger partial charge in [-0.05, 0) is 169 Å². The van der Waals surface area contributed by atoms with Crippen LogP contribution in [0.2, 0.25) is 5.02 Å². The zero-order valence-corrected chi connectivity index (χ0v) is 48.3. The van der Waals surface area contributed by atoms with Gasteiger partial charge in [-0.1, -0.05) is 208 Å². The van der Waals surface area contributed by atoms with Crippen LogP contribution in [-0.2, 0) is 10.8 Å². The molecule has 16 rings (SSSR count). The van der Waals surface area contributed by atoms with Crippen LogP contribution >= 0.6 is 11.6 Å². The van der Waals surface area contributed by atoms with Crippen LogP contribution in [0.15, 0.2) is 243 Å². The predicted octanol–water partition coefficient (Wildman–Crippen LogP) is 18.9. The zero-order chi connectivity index (χ0) is 55.4. The van der Waals surface area contributed by atoms with E-state index in [2.05, 4.69) is 290 Å². The summed E-state index contributed by atoms with van der Waals surface area (Å²) in [5, 5.41) is 0.807. The number of halogens is 1. The molecule has 0 radical (unpaired) electrons. The van der Waals surface area contributed by atoms with Crippen molar-refractivity contribution in [2.75, 3.05) is 19.6 Å². The highest BCUT2D eigenvalue weighted by Crippen LogP contribution is 2.63. The highest BCUT2D eigenvalue weighted by molar-refractivity contribution is 7.01. The van der Waals surface area contributed by atoms with Gasteiger partial charge >= 0.3 is 0 Å². The number of hydrogen-bond donors (Lipinski definition) is 0. The number of hydrogen-bond acceptors (Lipinski definition) is 4. The third-order valence-electron chi connectivity index (χ3n) is 20.7. The average Bonchev–Trinajstić information content (AvgIpc) is 4.29. The number of para-hydroxylation sites is 6. The van der Waals surface area contributed by atoms with E-state index in [1.54, 1.807) is 5.56 Å². The van der Waals surface area contributed by atoms with E-state index in [0.717, 1.165) is 45.3 Å². The van der Waals surface area contributed by atoms with E-state index < -0.39 is 0 Å². The Morgan fingerprint density at radius 2 is 0.829 bits per heavy atom. The van der Waals surface area contributed by atoms with Crippen LogP contribution in [0.3, 0.4) is 0 Å². The predicted molar refractivity (Wildman–Crippen MR) is 348 cm³/mol. The first-order chi connectivity index (χ1) is 40.1. The van der Waals surface area contributed by atoms with E-state index in [1.165, 1.54) is 112 Å². The molecule has 4 aliphatic heterocycles. The lowest BCUT2D eigenvalue weighted by Gasteiger charge is -2.51. The molecule has 4 heterocycles. The van der Waals surface area contributed by atoms with Crippen LogP contribution in [0.4, 0.5) is 56.9 Å². The SMILES string of the molecule is CC12CCCCC1(C)N(c1cccc(-c3cccc(N(c4ccccc4)c4ccccc4)c3)c1Cl)c1ccccc12.CC12CCCCC1(C)N1c3cccc4c3B(c3ccc(N(c5ccccc5)c5ccccc5)cc3-4)c3cccc2c31. The molecule has 0 aromatic heterocycles. The van der Waals surface area contributed by atoms with E-state index in [9.17, 15) is 0 Å². The molecule has 4 unspecified atom stereocenters. The summed E-state index contributed by atoms with van der Waals surface area (Å²) < 4.78 is 0. The molecule has 0 saturated heterocycles. The maximum Gasteiger partial charge on any atom is 0.248 e. The number of nitrogens with zero attached hydrogens (tertiary/aromatic N) is 4. The van der Waals surface area contributed by atoms with E-state index in [1.807, 2.05) is 0 Å². The molecule has 2 aliphatic carbocycles. The van der Waals surface area contributed by atoms with E-state index in [-0.39, 0.29) is 28.6 Å². The topological polar surface area (TPSA) is 13.0 Å². The number of rotatable bonds is 8. The van der Waals surface area contributed by atoms with Crippen LogP contribution in [0, 0.1) is 0 Å². The molecule has 402 valence electrons. The largest absolute Gasteiger partial charge is 0.335 e. The van der Waals surface area contributed by atoms with E-state index in [4.69, 9.17) is 11.6 Å². The van der Waals surface area contributed by atoms with Crippen LogP contribution in [-0.4, -0.2) is 17.8 Å². The first-order valence-corrected chi connectivity index (χ1v) is 30.3. The van der Waals surface area contributed by atoms with Crippen molar-refractivity contribution in [1.29, 1.82) is 0 Å². The second kappa shape index (κ2) is 19.5. The third-order valence-corrected chi connectivity index (χ3v) is 21.1. The summed E-state index contributed by atoms with van der Waals surface area (Å²) in [7, 11) is 0. The van der Waals surface area contributed by atoms with Gasteiger partial charge in [-0.25, -0.2) is 0 Å². The van der Waals surface area contributed by atoms with Gasteiger partial charge in [0.05, 0.1) is 21.8 Å². The normalized spacial score (nSPS) is 21.9. The van der Waals surface area contributed by atoms with Crippen molar-refractivity contribution in [3.63, 3.8) is 0 Å². The summed E-state index contributed by atoms with van der Waals surface area (Å²) in [6, 6.07) is 88.3.